The number of carboxylic acid groups (broad SMARTS) is 2. The van der Waals surface area contributed by atoms with Crippen molar-refractivity contribution in [1.82, 2.24) is 88.5 Å². The van der Waals surface area contributed by atoms with E-state index in [1.807, 2.05) is 13.8 Å². The fourth-order valence-electron chi connectivity index (χ4n) is 16.9. The third-order valence-electron chi connectivity index (χ3n) is 24.2. The van der Waals surface area contributed by atoms with Crippen molar-refractivity contribution in [3.63, 3.8) is 0 Å². The van der Waals surface area contributed by atoms with Crippen LogP contribution in [0.4, 0.5) is 0 Å². The van der Waals surface area contributed by atoms with Gasteiger partial charge in [0.25, 0.3) is 11.9 Å². The molecule has 0 bridgehead atoms. The van der Waals surface area contributed by atoms with Gasteiger partial charge in [0.15, 0.2) is 0 Å². The molecule has 17 amide bonds. The summed E-state index contributed by atoms with van der Waals surface area (Å²) in [5.74, 6) is -18.8. The summed E-state index contributed by atoms with van der Waals surface area (Å²) in [7, 11) is 0. The number of aromatic hydroxyl groups is 2. The van der Waals surface area contributed by atoms with E-state index in [4.69, 9.17) is 21.4 Å². The lowest BCUT2D eigenvalue weighted by Crippen LogP contribution is -2.66. The Balaban J connectivity index is 0.00000544. The van der Waals surface area contributed by atoms with E-state index in [-0.39, 0.29) is 112 Å². The number of aromatic amines is 2. The number of amides is 17. The summed E-state index contributed by atoms with van der Waals surface area (Å²) in [6, 6.07) is 12.2. The Labute approximate surface area is 812 Å². The summed E-state index contributed by atoms with van der Waals surface area (Å²) < 4.78 is 0. The second kappa shape index (κ2) is 52.0. The summed E-state index contributed by atoms with van der Waals surface area (Å²) in [5, 5.41) is 82.4. The molecule has 2 aromatic heterocycles. The number of para-hydroxylation sites is 2. The Kier molecular flexibility index (Phi) is 40.4. The number of hydrogen-bond donors (Lipinski definition) is 21. The summed E-state index contributed by atoms with van der Waals surface area (Å²) in [5.41, 5.74) is 14.8. The molecule has 5 heterocycles. The number of aliphatic carboxylic acids is 2. The van der Waals surface area contributed by atoms with Crippen molar-refractivity contribution in [2.75, 3.05) is 26.2 Å². The Morgan fingerprint density at radius 1 is 0.454 bits per heavy atom. The number of nitrogens with two attached hydrogens (primary N) is 2. The van der Waals surface area contributed by atoms with E-state index >= 15 is 24.0 Å². The minimum atomic E-state index is -1.97. The number of aliphatic hydroxyl groups is 1. The molecule has 3 aliphatic rings. The van der Waals surface area contributed by atoms with Gasteiger partial charge in [0.2, 0.25) is 94.5 Å². The van der Waals surface area contributed by atoms with Gasteiger partial charge in [-0.1, -0.05) is 119 Å². The Morgan fingerprint density at radius 2 is 0.894 bits per heavy atom. The second-order valence-corrected chi connectivity index (χ2v) is 36.3. The summed E-state index contributed by atoms with van der Waals surface area (Å²) in [6.07, 6.45) is -1.38. The van der Waals surface area contributed by atoms with Crippen LogP contribution in [0.25, 0.3) is 21.8 Å². The van der Waals surface area contributed by atoms with Gasteiger partial charge in [0.05, 0.1) is 18.7 Å². The number of hydrogen-bond acceptors (Lipinski definition) is 23. The van der Waals surface area contributed by atoms with Gasteiger partial charge in [-0.15, -0.1) is 0 Å². The van der Waals surface area contributed by atoms with Crippen molar-refractivity contribution in [2.45, 2.75) is 249 Å². The molecule has 0 aliphatic carbocycles. The van der Waals surface area contributed by atoms with E-state index in [0.717, 1.165) is 11.8 Å². The zero-order valence-electron chi connectivity index (χ0n) is 79.7. The van der Waals surface area contributed by atoms with Crippen LogP contribution in [0, 0.1) is 11.8 Å². The number of phenolic OH excluding ortho intramolecular Hbond substituents is 2. The summed E-state index contributed by atoms with van der Waals surface area (Å²) >= 11 is 0. The number of primary amides is 2. The maximum Gasteiger partial charge on any atom is 0.303 e. The third-order valence-corrected chi connectivity index (χ3v) is 24.2. The highest BCUT2D eigenvalue weighted by molar-refractivity contribution is 6.07. The molecule has 1 unspecified atom stereocenters. The average molecular weight is 1960 g/mol. The molecule has 7 aromatic rings. The van der Waals surface area contributed by atoms with Crippen LogP contribution in [0.3, 0.4) is 0 Å². The molecule has 141 heavy (non-hydrogen) atoms. The molecular formula is C98H127N19O24. The molecule has 0 saturated carbocycles. The first-order valence-electron chi connectivity index (χ1n) is 46.8. The van der Waals surface area contributed by atoms with Crippen LogP contribution < -0.4 is 75.3 Å². The zero-order chi connectivity index (χ0) is 103. The van der Waals surface area contributed by atoms with Crippen molar-refractivity contribution in [3.05, 3.63) is 168 Å². The van der Waals surface area contributed by atoms with Gasteiger partial charge in [0, 0.05) is 106 Å². The fourth-order valence-corrected chi connectivity index (χ4v) is 16.9. The number of carbonyl (C=O) groups is 19. The van der Waals surface area contributed by atoms with Crippen LogP contribution in [0.1, 0.15) is 154 Å². The number of H-pyrrole nitrogens is 2. The third kappa shape index (κ3) is 32.2. The largest absolute Gasteiger partial charge is 0.508 e. The van der Waals surface area contributed by atoms with Crippen molar-refractivity contribution < 1.29 is 117 Å². The number of aliphatic hydroxyl groups excluding tert-OH is 1. The molecule has 0 radical (unpaired) electrons. The lowest BCUT2D eigenvalue weighted by Gasteiger charge is -2.38. The van der Waals surface area contributed by atoms with Crippen LogP contribution in [-0.2, 0) is 123 Å². The van der Waals surface area contributed by atoms with Gasteiger partial charge >= 0.3 is 5.97 Å². The Bertz CT molecular complexity index is 5640. The molecule has 43 heteroatoms. The lowest BCUT2D eigenvalue weighted by molar-refractivity contribution is -0.156. The number of fused-ring (bicyclic) bond motifs is 2. The van der Waals surface area contributed by atoms with Gasteiger partial charge in [-0.2, -0.15) is 0 Å². The quantitative estimate of drug-likeness (QED) is 0.0235. The van der Waals surface area contributed by atoms with Gasteiger partial charge in [-0.25, -0.2) is 0 Å². The molecule has 3 fully saturated rings. The molecule has 0 spiro atoms. The van der Waals surface area contributed by atoms with E-state index in [9.17, 15) is 82.8 Å². The minimum Gasteiger partial charge on any atom is -0.508 e. The molecule has 10 rings (SSSR count). The fraction of sp³-hybridized carbons (Fsp3) is 0.459. The van der Waals surface area contributed by atoms with Crippen molar-refractivity contribution in [2.24, 2.45) is 23.3 Å². The highest BCUT2D eigenvalue weighted by Gasteiger charge is 2.47. The van der Waals surface area contributed by atoms with Crippen LogP contribution in [0.2, 0.25) is 0 Å². The van der Waals surface area contributed by atoms with Gasteiger partial charge < -0.3 is 121 Å². The van der Waals surface area contributed by atoms with Crippen molar-refractivity contribution in [3.8, 4) is 11.5 Å². The van der Waals surface area contributed by atoms with E-state index < -0.39 is 248 Å². The standard InChI is InChI=1S/C96H123N19O22.C2H4O2/c1-51(2)41-70(83(98)124)108-91(132)77-24-16-39-113(77)93(134)75(42-52(3)4)111-84(125)53(5)103-92(133)78(45-58-27-31-62(119)32-28-58)115(94(135)68-37-38-99-68)95(136)69(33-35-79(97)120)107-87(128)72(44-57-25-29-61(118)30-26-57)109-88(129)73(46-59-48-100-65-21-13-11-19-63(59)65)105-80(121)50-102-90(131)76-23-15-40-114(76)96(137)82(54(6)116)112-89(130)74(47-60-49-101-66-22-14-12-20-64(60)66)110-85(126)67(34-36-81(122)123)106-86(127)71(104-55(7)117)43-56-17-9-8-10-18-56;1-2(3)4/h8-14,17-22,25-32,48-49,51-54,67-78,82,99-101,116,118-119H,15-16,23-24,33-47,50H2,1-7H3,(H2,97,120)(H2,98,124)(H,102,131)(H,103,133)(H,104,117)(H,105,121)(H,106,127)(H,107,128)(H,108,132)(H,109,129)(H,110,126)(H,111,125)(H,112,130)(H,122,123);1H3,(H,3,4)/t53-,54+,67-,68?,69-,70-,71-,72-,73-,74-,75-,76-,77-,78-,82-;/m0./s1. The number of benzene rings is 5. The van der Waals surface area contributed by atoms with E-state index in [1.165, 1.54) is 74.2 Å². The normalized spacial score (nSPS) is 16.9. The second-order valence-electron chi connectivity index (χ2n) is 36.3. The molecule has 23 N–H and O–H groups in total. The maximum absolute atomic E-state index is 15.9. The first kappa shape index (κ1) is 109. The number of nitrogens with zero attached hydrogens (tertiary/aromatic N) is 3. The highest BCUT2D eigenvalue weighted by atomic mass is 16.4. The Hall–Kier alpha value is -15.2. The topological polar surface area (TPSA) is 663 Å². The molecule has 3 aliphatic heterocycles. The average Bonchev–Trinajstić information content (AvgIpc) is 1.62. The molecule has 15 atom stereocenters. The first-order chi connectivity index (χ1) is 66.9. The predicted molar refractivity (Wildman–Crippen MR) is 511 cm³/mol. The number of carboxylic acids is 2. The number of nitrogens with one attached hydrogen (secondary N) is 14. The first-order valence-corrected chi connectivity index (χ1v) is 46.8. The van der Waals surface area contributed by atoms with Gasteiger partial charge in [-0.05, 0) is 154 Å². The maximum atomic E-state index is 15.9. The number of rotatable bonds is 48. The molecular weight excluding hydrogens is 1830 g/mol. The van der Waals surface area contributed by atoms with Gasteiger partial charge in [-0.3, -0.25) is 96.0 Å². The monoisotopic (exact) mass is 1950 g/mol. The predicted octanol–water partition coefficient (Wildman–Crippen LogP) is -0.175. The van der Waals surface area contributed by atoms with Crippen molar-refractivity contribution >= 4 is 134 Å². The van der Waals surface area contributed by atoms with E-state index in [1.54, 1.807) is 105 Å². The molecule has 43 nitrogen and oxygen atoms in total. The van der Waals surface area contributed by atoms with E-state index in [0.29, 0.717) is 49.8 Å². The molecule has 758 valence electrons. The van der Waals surface area contributed by atoms with Crippen molar-refractivity contribution in [1.29, 1.82) is 0 Å². The zero-order valence-corrected chi connectivity index (χ0v) is 79.7. The highest BCUT2D eigenvalue weighted by Crippen LogP contribution is 2.28. The molecule has 5 aromatic carbocycles. The van der Waals surface area contributed by atoms with E-state index in [2.05, 4.69) is 73.8 Å². The number of likely N-dealkylation sites (tertiary alicyclic amines) is 2. The molecule has 3 saturated heterocycles. The number of aromatic nitrogens is 2. The number of imide groups is 1. The van der Waals surface area contributed by atoms with Crippen LogP contribution in [-0.4, -0.2) is 279 Å². The number of phenols is 2. The van der Waals surface area contributed by atoms with Gasteiger partial charge in [0.1, 0.15) is 90.0 Å². The lowest BCUT2D eigenvalue weighted by atomic mass is 9.97. The van der Waals surface area contributed by atoms with Crippen LogP contribution >= 0.6 is 0 Å². The van der Waals surface area contributed by atoms with Crippen LogP contribution in [0.5, 0.6) is 11.5 Å². The summed E-state index contributed by atoms with van der Waals surface area (Å²) in [6.45, 7) is 11.4. The Morgan fingerprint density at radius 3 is 1.39 bits per heavy atom. The smallest absolute Gasteiger partial charge is 0.303 e. The minimum absolute atomic E-state index is 0.0116. The number of carbonyl (C=O) groups excluding carboxylic acids is 17. The van der Waals surface area contributed by atoms with Crippen LogP contribution in [0.15, 0.2) is 140 Å². The summed E-state index contributed by atoms with van der Waals surface area (Å²) in [4.78, 5) is 276. The SMILES string of the molecule is CC(=O)N[C@@H](Cc1ccccc1)C(=O)N[C@@H](CCC(=O)O)C(=O)N[C@@H](Cc1c[nH]c2ccccc12)C(=O)N[C@H](C(=O)N1CCC[C@H]1C(=O)NCC(=O)N[C@@H](Cc1c[nH]c2ccccc12)C(=O)N[C@@H](Cc1ccc(O)cc1)C(=O)N[C@@H](CCC(N)=O)C(=O)N(C(=O)C1CCN1)[C@@H](Cc1ccc(O)cc1)C(=O)N[C@@H](C)C(=O)N[C@@H](CC(C)C)C(=O)N1CCC[C@H]1C(=O)N[C@@H](CC(C)C)C(N)=O)[C@@H](C)O.CC(=O)O.